The molecule has 0 spiro atoms. The lowest BCUT2D eigenvalue weighted by molar-refractivity contribution is -0.143. The largest absolute Gasteiger partial charge is 0.466 e. The number of carbonyl (C=O) groups excluding carboxylic acids is 2. The fraction of sp³-hybridized carbons (Fsp3) is 0.868. The maximum absolute atomic E-state index is 12.6. The Hall–Kier alpha value is -2.18. The number of aliphatic hydroxyl groups excluding tert-OH is 2. The van der Waals surface area contributed by atoms with Crippen molar-refractivity contribution in [2.45, 2.75) is 411 Å². The zero-order valence-electron chi connectivity index (χ0n) is 55.2. The summed E-state index contributed by atoms with van der Waals surface area (Å²) in [5.74, 6) is -0.0350. The smallest absolute Gasteiger partial charge is 0.305 e. The van der Waals surface area contributed by atoms with Gasteiger partial charge in [0.15, 0.2) is 0 Å². The van der Waals surface area contributed by atoms with Crippen LogP contribution in [0, 0.1) is 0 Å². The zero-order valence-corrected chi connectivity index (χ0v) is 55.2. The highest BCUT2D eigenvalue weighted by atomic mass is 16.5. The summed E-state index contributed by atoms with van der Waals surface area (Å²) in [6.45, 7) is 4.91. The van der Waals surface area contributed by atoms with Crippen molar-refractivity contribution in [2.24, 2.45) is 0 Å². The number of aliphatic hydroxyl groups is 2. The minimum atomic E-state index is -0.667. The number of amides is 1. The topological polar surface area (TPSA) is 95.9 Å². The van der Waals surface area contributed by atoms with Crippen molar-refractivity contribution in [1.82, 2.24) is 5.32 Å². The summed E-state index contributed by atoms with van der Waals surface area (Å²) in [6, 6.07) is -0.544. The van der Waals surface area contributed by atoms with Gasteiger partial charge in [0, 0.05) is 12.8 Å². The molecule has 0 aliphatic rings. The molecule has 2 unspecified atom stereocenters. The summed E-state index contributed by atoms with van der Waals surface area (Å²) < 4.78 is 5.47. The zero-order chi connectivity index (χ0) is 59.2. The van der Waals surface area contributed by atoms with E-state index in [-0.39, 0.29) is 18.5 Å². The van der Waals surface area contributed by atoms with Crippen molar-refractivity contribution in [3.8, 4) is 0 Å². The molecule has 0 saturated carbocycles. The van der Waals surface area contributed by atoms with Gasteiger partial charge in [0.2, 0.25) is 5.91 Å². The maximum Gasteiger partial charge on any atom is 0.305 e. The number of hydrogen-bond acceptors (Lipinski definition) is 5. The lowest BCUT2D eigenvalue weighted by Crippen LogP contribution is -2.45. The van der Waals surface area contributed by atoms with Gasteiger partial charge in [0.1, 0.15) is 0 Å². The number of carbonyl (C=O) groups is 2. The molecule has 0 saturated heterocycles. The molecule has 6 heteroatoms. The summed E-state index contributed by atoms with van der Waals surface area (Å²) in [4.78, 5) is 24.6. The van der Waals surface area contributed by atoms with Gasteiger partial charge in [-0.15, -0.1) is 0 Å². The first-order valence-corrected chi connectivity index (χ1v) is 36.9. The van der Waals surface area contributed by atoms with Gasteiger partial charge >= 0.3 is 5.97 Å². The molecule has 0 aliphatic heterocycles. The molecule has 0 aliphatic carbocycles. The predicted octanol–water partition coefficient (Wildman–Crippen LogP) is 24.0. The van der Waals surface area contributed by atoms with E-state index < -0.39 is 12.1 Å². The van der Waals surface area contributed by atoms with Crippen LogP contribution in [-0.2, 0) is 14.3 Å². The van der Waals surface area contributed by atoms with Gasteiger partial charge in [-0.3, -0.25) is 9.59 Å². The number of esters is 1. The first-order chi connectivity index (χ1) is 40.5. The van der Waals surface area contributed by atoms with Gasteiger partial charge in [0.25, 0.3) is 0 Å². The van der Waals surface area contributed by atoms with Crippen molar-refractivity contribution in [3.05, 3.63) is 48.6 Å². The van der Waals surface area contributed by atoms with E-state index in [1.54, 1.807) is 0 Å². The molecule has 1 amide bonds. The Kier molecular flexibility index (Phi) is 69.4. The quantitative estimate of drug-likeness (QED) is 0.0320. The van der Waals surface area contributed by atoms with E-state index in [9.17, 15) is 19.8 Å². The Morgan fingerprint density at radius 2 is 0.634 bits per heavy atom. The maximum atomic E-state index is 12.6. The molecule has 0 bridgehead atoms. The van der Waals surface area contributed by atoms with Crippen LogP contribution in [0.25, 0.3) is 0 Å². The number of rotatable bonds is 69. The van der Waals surface area contributed by atoms with Crippen LogP contribution in [0.15, 0.2) is 48.6 Å². The van der Waals surface area contributed by atoms with Crippen LogP contribution >= 0.6 is 0 Å². The molecule has 0 aromatic carbocycles. The Morgan fingerprint density at radius 3 is 0.976 bits per heavy atom. The number of unbranched alkanes of at least 4 members (excludes halogenated alkanes) is 50. The van der Waals surface area contributed by atoms with Gasteiger partial charge in [-0.2, -0.15) is 0 Å². The number of hydrogen-bond donors (Lipinski definition) is 3. The Morgan fingerprint density at radius 1 is 0.341 bits per heavy atom. The highest BCUT2D eigenvalue weighted by Crippen LogP contribution is 2.19. The number of allylic oxidation sites excluding steroid dienone is 8. The van der Waals surface area contributed by atoms with Gasteiger partial charge in [0.05, 0.1) is 25.4 Å². The van der Waals surface area contributed by atoms with Gasteiger partial charge in [-0.25, -0.2) is 0 Å². The summed E-state index contributed by atoms with van der Waals surface area (Å²) in [6.07, 6.45) is 93.1. The van der Waals surface area contributed by atoms with Crippen LogP contribution in [-0.4, -0.2) is 47.4 Å². The fourth-order valence-electron chi connectivity index (χ4n) is 11.5. The van der Waals surface area contributed by atoms with Gasteiger partial charge in [-0.05, 0) is 83.5 Å². The Labute approximate surface area is 512 Å². The molecular formula is C76H143NO5. The third-order valence-electron chi connectivity index (χ3n) is 17.1. The van der Waals surface area contributed by atoms with E-state index in [2.05, 4.69) is 67.8 Å². The minimum absolute atomic E-state index is 0.00313. The third-order valence-corrected chi connectivity index (χ3v) is 17.1. The normalized spacial score (nSPS) is 12.8. The van der Waals surface area contributed by atoms with Crippen LogP contribution in [0.3, 0.4) is 0 Å². The van der Waals surface area contributed by atoms with E-state index in [0.717, 1.165) is 57.8 Å². The predicted molar refractivity (Wildman–Crippen MR) is 361 cm³/mol. The van der Waals surface area contributed by atoms with Gasteiger partial charge < -0.3 is 20.3 Å². The van der Waals surface area contributed by atoms with E-state index in [1.165, 1.54) is 308 Å². The van der Waals surface area contributed by atoms with Crippen LogP contribution < -0.4 is 5.32 Å². The van der Waals surface area contributed by atoms with E-state index in [0.29, 0.717) is 25.9 Å². The lowest BCUT2D eigenvalue weighted by atomic mass is 10.0. The minimum Gasteiger partial charge on any atom is -0.466 e. The van der Waals surface area contributed by atoms with Crippen molar-refractivity contribution >= 4 is 11.9 Å². The molecule has 82 heavy (non-hydrogen) atoms. The number of nitrogens with one attached hydrogen (secondary N) is 1. The second-order valence-corrected chi connectivity index (χ2v) is 25.3. The van der Waals surface area contributed by atoms with Crippen LogP contribution in [0.1, 0.15) is 399 Å². The van der Waals surface area contributed by atoms with E-state index in [1.807, 2.05) is 0 Å². The fourth-order valence-corrected chi connectivity index (χ4v) is 11.5. The molecule has 0 radical (unpaired) electrons. The lowest BCUT2D eigenvalue weighted by Gasteiger charge is -2.22. The molecule has 2 atom stereocenters. The van der Waals surface area contributed by atoms with Crippen molar-refractivity contribution < 1.29 is 24.5 Å². The summed E-state index contributed by atoms with van der Waals surface area (Å²) in [5.41, 5.74) is 0. The van der Waals surface area contributed by atoms with E-state index >= 15 is 0 Å². The average Bonchev–Trinajstić information content (AvgIpc) is 3.48. The van der Waals surface area contributed by atoms with Crippen LogP contribution in [0.2, 0.25) is 0 Å². The van der Waals surface area contributed by atoms with Crippen LogP contribution in [0.5, 0.6) is 0 Å². The summed E-state index contributed by atoms with van der Waals surface area (Å²) in [7, 11) is 0. The number of ether oxygens (including phenoxy) is 1. The molecule has 6 nitrogen and oxygen atoms in total. The second kappa shape index (κ2) is 71.3. The van der Waals surface area contributed by atoms with Crippen molar-refractivity contribution in [1.29, 1.82) is 0 Å². The van der Waals surface area contributed by atoms with E-state index in [4.69, 9.17) is 4.74 Å². The standard InChI is InChI=1S/C76H143NO5/c1-3-5-7-9-11-13-15-17-18-19-20-21-29-32-35-38-41-45-48-52-56-60-64-68-74(79)73(72-78)77-75(80)69-65-61-57-53-49-46-42-39-36-33-30-27-25-23-22-24-26-28-31-34-37-40-43-47-51-55-59-63-67-71-82-76(81)70-66-62-58-54-50-44-16-14-12-10-8-6-4-2/h8,10,14,16,22,24,28,31,73-74,78-79H,3-7,9,11-13,15,17-21,23,25-27,29-30,32-72H2,1-2H3,(H,77,80)/b10-8-,16-14-,24-22-,31-28-. The molecule has 482 valence electrons. The molecule has 0 aromatic heterocycles. The monoisotopic (exact) mass is 1150 g/mol. The van der Waals surface area contributed by atoms with Crippen molar-refractivity contribution in [3.63, 3.8) is 0 Å². The third kappa shape index (κ3) is 67.0. The van der Waals surface area contributed by atoms with Gasteiger partial charge in [-0.1, -0.05) is 351 Å². The Bertz CT molecular complexity index is 1370. The molecule has 0 heterocycles. The molecule has 0 aromatic rings. The molecule has 0 rings (SSSR count). The molecule has 0 fully saturated rings. The summed E-state index contributed by atoms with van der Waals surface area (Å²) >= 11 is 0. The Balaban J connectivity index is 3.41. The molecule has 3 N–H and O–H groups in total. The first-order valence-electron chi connectivity index (χ1n) is 36.9. The summed E-state index contributed by atoms with van der Waals surface area (Å²) in [5, 5.41) is 23.5. The average molecular weight is 1150 g/mol. The first kappa shape index (κ1) is 79.8. The van der Waals surface area contributed by atoms with Crippen molar-refractivity contribution in [2.75, 3.05) is 13.2 Å². The highest BCUT2D eigenvalue weighted by Gasteiger charge is 2.20. The SMILES string of the molecule is CCC/C=C\C/C=C\CCCCCCCC(=O)OCCCCCCCCCCC/C=C\C/C=C\CCCCCCCCCCCCCCCC(=O)NC(CO)C(O)CCCCCCCCCCCCCCCCCCCCCCCCC. The van der Waals surface area contributed by atoms with Crippen LogP contribution in [0.4, 0.5) is 0 Å². The highest BCUT2D eigenvalue weighted by molar-refractivity contribution is 5.76. The second-order valence-electron chi connectivity index (χ2n) is 25.3. The molecular weight excluding hydrogens is 1010 g/mol.